The first kappa shape index (κ1) is 13.8. The van der Waals surface area contributed by atoms with Gasteiger partial charge in [0.25, 0.3) is 0 Å². The lowest BCUT2D eigenvalue weighted by Crippen LogP contribution is -2.12. The Morgan fingerprint density at radius 1 is 1.47 bits per heavy atom. The smallest absolute Gasteiger partial charge is 0.239 e. The summed E-state index contributed by atoms with van der Waals surface area (Å²) >= 11 is 5.42. The molecule has 17 heavy (non-hydrogen) atoms. The second-order valence-electron chi connectivity index (χ2n) is 4.24. The molecule has 0 bridgehead atoms. The Morgan fingerprint density at radius 2 is 2.24 bits per heavy atom. The number of carbonyl (C=O) groups excluding carboxylic acids is 1. The summed E-state index contributed by atoms with van der Waals surface area (Å²) in [6, 6.07) is 7.32. The Bertz CT molecular complexity index is 366. The van der Waals surface area contributed by atoms with E-state index in [4.69, 9.17) is 16.3 Å². The van der Waals surface area contributed by atoms with E-state index in [1.807, 2.05) is 12.1 Å². The molecule has 3 nitrogen and oxygen atoms in total. The fourth-order valence-electron chi connectivity index (χ4n) is 1.27. The molecule has 0 aliphatic rings. The lowest BCUT2D eigenvalue weighted by Gasteiger charge is -2.09. The van der Waals surface area contributed by atoms with E-state index in [9.17, 15) is 4.79 Å². The third-order valence-electron chi connectivity index (χ3n) is 2.20. The number of anilines is 1. The number of hydrogen-bond donors (Lipinski definition) is 1. The minimum absolute atomic E-state index is 0.0432. The number of carbonyl (C=O) groups is 1. The van der Waals surface area contributed by atoms with Crippen LogP contribution in [-0.4, -0.2) is 18.4 Å². The highest BCUT2D eigenvalue weighted by molar-refractivity contribution is 6.29. The number of amides is 1. The fourth-order valence-corrected chi connectivity index (χ4v) is 1.34. The van der Waals surface area contributed by atoms with Gasteiger partial charge < -0.3 is 10.1 Å². The Morgan fingerprint density at radius 3 is 2.88 bits per heavy atom. The predicted molar refractivity (Wildman–Crippen MR) is 70.7 cm³/mol. The summed E-state index contributed by atoms with van der Waals surface area (Å²) in [5, 5.41) is 2.68. The average Bonchev–Trinajstić information content (AvgIpc) is 2.29. The Labute approximate surface area is 107 Å². The van der Waals surface area contributed by atoms with Gasteiger partial charge in [-0.15, -0.1) is 11.6 Å². The highest BCUT2D eigenvalue weighted by atomic mass is 35.5. The first-order valence-corrected chi connectivity index (χ1v) is 6.24. The number of alkyl halides is 1. The molecule has 1 aromatic rings. The fraction of sp³-hybridized carbons (Fsp3) is 0.462. The molecule has 0 atom stereocenters. The van der Waals surface area contributed by atoms with E-state index in [0.29, 0.717) is 18.2 Å². The van der Waals surface area contributed by atoms with E-state index in [-0.39, 0.29) is 11.8 Å². The van der Waals surface area contributed by atoms with Gasteiger partial charge >= 0.3 is 0 Å². The normalized spacial score (nSPS) is 10.4. The third-order valence-corrected chi connectivity index (χ3v) is 2.45. The van der Waals surface area contributed by atoms with Crippen molar-refractivity contribution in [3.05, 3.63) is 24.3 Å². The molecule has 1 aromatic carbocycles. The molecule has 0 spiro atoms. The minimum atomic E-state index is -0.217. The van der Waals surface area contributed by atoms with Crippen LogP contribution < -0.4 is 10.1 Å². The van der Waals surface area contributed by atoms with Gasteiger partial charge in [-0.3, -0.25) is 4.79 Å². The monoisotopic (exact) mass is 255 g/mol. The van der Waals surface area contributed by atoms with Crippen molar-refractivity contribution < 1.29 is 9.53 Å². The van der Waals surface area contributed by atoms with Gasteiger partial charge in [0.2, 0.25) is 5.91 Å². The maximum absolute atomic E-state index is 11.1. The molecule has 0 aliphatic heterocycles. The molecule has 0 heterocycles. The van der Waals surface area contributed by atoms with Crippen molar-refractivity contribution in [1.82, 2.24) is 0 Å². The number of rotatable bonds is 6. The molecule has 0 aliphatic carbocycles. The standard InChI is InChI=1S/C13H18ClNO2/c1-10(2)6-7-17-12-5-3-4-11(8-12)15-13(16)9-14/h3-5,8,10H,6-7,9H2,1-2H3,(H,15,16). The van der Waals surface area contributed by atoms with Crippen LogP contribution in [0.3, 0.4) is 0 Å². The Kier molecular flexibility index (Phi) is 5.84. The second-order valence-corrected chi connectivity index (χ2v) is 4.51. The minimum Gasteiger partial charge on any atom is -0.494 e. The predicted octanol–water partition coefficient (Wildman–Crippen LogP) is 3.29. The molecule has 94 valence electrons. The second kappa shape index (κ2) is 7.17. The molecule has 4 heteroatoms. The highest BCUT2D eigenvalue weighted by Crippen LogP contribution is 2.18. The SMILES string of the molecule is CC(C)CCOc1cccc(NC(=O)CCl)c1. The van der Waals surface area contributed by atoms with Crippen LogP contribution in [0.25, 0.3) is 0 Å². The molecular formula is C13H18ClNO2. The summed E-state index contributed by atoms with van der Waals surface area (Å²) in [5.41, 5.74) is 0.706. The van der Waals surface area contributed by atoms with E-state index >= 15 is 0 Å². The van der Waals surface area contributed by atoms with E-state index in [0.717, 1.165) is 12.2 Å². The van der Waals surface area contributed by atoms with Crippen molar-refractivity contribution in [1.29, 1.82) is 0 Å². The van der Waals surface area contributed by atoms with Crippen molar-refractivity contribution in [3.63, 3.8) is 0 Å². The average molecular weight is 256 g/mol. The number of halogens is 1. The van der Waals surface area contributed by atoms with Gasteiger partial charge in [-0.1, -0.05) is 19.9 Å². The van der Waals surface area contributed by atoms with Crippen LogP contribution in [0.2, 0.25) is 0 Å². The Hall–Kier alpha value is -1.22. The van der Waals surface area contributed by atoms with Crippen LogP contribution >= 0.6 is 11.6 Å². The van der Waals surface area contributed by atoms with Crippen LogP contribution in [0.5, 0.6) is 5.75 Å². The number of ether oxygens (including phenoxy) is 1. The summed E-state index contributed by atoms with van der Waals surface area (Å²) in [6.45, 7) is 4.99. The molecule has 1 rings (SSSR count). The quantitative estimate of drug-likeness (QED) is 0.792. The lowest BCUT2D eigenvalue weighted by atomic mass is 10.1. The molecule has 0 unspecified atom stereocenters. The molecule has 0 saturated carbocycles. The number of hydrogen-bond acceptors (Lipinski definition) is 2. The topological polar surface area (TPSA) is 38.3 Å². The zero-order chi connectivity index (χ0) is 12.7. The van der Waals surface area contributed by atoms with Gasteiger partial charge in [0, 0.05) is 11.8 Å². The first-order valence-electron chi connectivity index (χ1n) is 5.70. The number of nitrogens with one attached hydrogen (secondary N) is 1. The molecule has 0 radical (unpaired) electrons. The van der Waals surface area contributed by atoms with E-state index in [2.05, 4.69) is 19.2 Å². The van der Waals surface area contributed by atoms with Gasteiger partial charge in [0.05, 0.1) is 6.61 Å². The van der Waals surface area contributed by atoms with Crippen molar-refractivity contribution >= 4 is 23.2 Å². The maximum atomic E-state index is 11.1. The third kappa shape index (κ3) is 5.59. The molecule has 1 N–H and O–H groups in total. The van der Waals surface area contributed by atoms with Crippen LogP contribution in [0.15, 0.2) is 24.3 Å². The lowest BCUT2D eigenvalue weighted by molar-refractivity contribution is -0.113. The molecular weight excluding hydrogens is 238 g/mol. The van der Waals surface area contributed by atoms with Gasteiger partial charge in [0.1, 0.15) is 11.6 Å². The van der Waals surface area contributed by atoms with Gasteiger partial charge in [-0.2, -0.15) is 0 Å². The van der Waals surface area contributed by atoms with E-state index in [1.54, 1.807) is 12.1 Å². The van der Waals surface area contributed by atoms with Gasteiger partial charge in [0.15, 0.2) is 0 Å². The maximum Gasteiger partial charge on any atom is 0.239 e. The first-order chi connectivity index (χ1) is 8.11. The number of benzene rings is 1. The van der Waals surface area contributed by atoms with Crippen LogP contribution in [0, 0.1) is 5.92 Å². The van der Waals surface area contributed by atoms with Gasteiger partial charge in [-0.25, -0.2) is 0 Å². The van der Waals surface area contributed by atoms with E-state index < -0.39 is 0 Å². The highest BCUT2D eigenvalue weighted by Gasteiger charge is 2.02. The Balaban J connectivity index is 2.50. The zero-order valence-electron chi connectivity index (χ0n) is 10.2. The summed E-state index contributed by atoms with van der Waals surface area (Å²) in [5.74, 6) is 1.12. The van der Waals surface area contributed by atoms with Crippen molar-refractivity contribution in [2.24, 2.45) is 5.92 Å². The van der Waals surface area contributed by atoms with Crippen molar-refractivity contribution in [2.45, 2.75) is 20.3 Å². The van der Waals surface area contributed by atoms with Crippen LogP contribution in [-0.2, 0) is 4.79 Å². The molecule has 0 saturated heterocycles. The molecule has 1 amide bonds. The molecule has 0 fully saturated rings. The largest absolute Gasteiger partial charge is 0.494 e. The summed E-state index contributed by atoms with van der Waals surface area (Å²) < 4.78 is 5.59. The van der Waals surface area contributed by atoms with Crippen LogP contribution in [0.1, 0.15) is 20.3 Å². The van der Waals surface area contributed by atoms with E-state index in [1.165, 1.54) is 0 Å². The van der Waals surface area contributed by atoms with Gasteiger partial charge in [-0.05, 0) is 24.5 Å². The zero-order valence-corrected chi connectivity index (χ0v) is 11.0. The van der Waals surface area contributed by atoms with Crippen molar-refractivity contribution in [2.75, 3.05) is 17.8 Å². The summed E-state index contributed by atoms with van der Waals surface area (Å²) in [7, 11) is 0. The molecule has 0 aromatic heterocycles. The van der Waals surface area contributed by atoms with Crippen LogP contribution in [0.4, 0.5) is 5.69 Å². The van der Waals surface area contributed by atoms with Crippen molar-refractivity contribution in [3.8, 4) is 5.75 Å². The summed E-state index contributed by atoms with van der Waals surface area (Å²) in [6.07, 6.45) is 1.01. The summed E-state index contributed by atoms with van der Waals surface area (Å²) in [4.78, 5) is 11.1.